The number of anilines is 1. The summed E-state index contributed by atoms with van der Waals surface area (Å²) in [5.41, 5.74) is 1.86. The summed E-state index contributed by atoms with van der Waals surface area (Å²) in [6.07, 6.45) is 0. The van der Waals surface area contributed by atoms with Crippen LogP contribution in [-0.2, 0) is 10.0 Å². The summed E-state index contributed by atoms with van der Waals surface area (Å²) >= 11 is 0. The molecule has 1 heterocycles. The minimum atomic E-state index is -3.80. The van der Waals surface area contributed by atoms with E-state index in [1.807, 2.05) is 0 Å². The summed E-state index contributed by atoms with van der Waals surface area (Å²) in [6.45, 7) is 3.11. The number of benzene rings is 2. The highest BCUT2D eigenvalue weighted by molar-refractivity contribution is 7.92. The normalized spacial score (nSPS) is 11.6. The predicted molar refractivity (Wildman–Crippen MR) is 86.0 cm³/mol. The Kier molecular flexibility index (Phi) is 3.65. The van der Waals surface area contributed by atoms with E-state index in [4.69, 9.17) is 4.42 Å². The lowest BCUT2D eigenvalue weighted by Gasteiger charge is -2.08. The monoisotopic (exact) mass is 330 g/mol. The number of fused-ring (bicyclic) bond motifs is 1. The number of carbonyl (C=O) groups excluding carboxylic acids is 1. The number of rotatable bonds is 4. The van der Waals surface area contributed by atoms with Crippen LogP contribution in [0.2, 0.25) is 0 Å². The molecule has 0 spiro atoms. The highest BCUT2D eigenvalue weighted by Crippen LogP contribution is 2.22. The minimum Gasteiger partial charge on any atom is -0.441 e. The van der Waals surface area contributed by atoms with Crippen molar-refractivity contribution in [3.8, 4) is 0 Å². The number of hydrogen-bond donors (Lipinski definition) is 1. The van der Waals surface area contributed by atoms with Crippen molar-refractivity contribution < 1.29 is 17.6 Å². The Labute approximate surface area is 133 Å². The number of sulfonamides is 1. The summed E-state index contributed by atoms with van der Waals surface area (Å²) in [5.74, 6) is 0.315. The molecule has 0 amide bonds. The standard InChI is InChI=1S/C16H14N2O4S/c1-10(19)12-4-3-5-14(8-12)23(20,21)18-13-6-7-15-16(9-13)22-11(2)17-15/h3-9,18H,1-2H3. The van der Waals surface area contributed by atoms with E-state index >= 15 is 0 Å². The van der Waals surface area contributed by atoms with E-state index < -0.39 is 10.0 Å². The molecular weight excluding hydrogens is 316 g/mol. The average Bonchev–Trinajstić information content (AvgIpc) is 2.86. The van der Waals surface area contributed by atoms with Gasteiger partial charge in [-0.1, -0.05) is 12.1 Å². The first-order chi connectivity index (χ1) is 10.8. The highest BCUT2D eigenvalue weighted by Gasteiger charge is 2.16. The van der Waals surface area contributed by atoms with Crippen LogP contribution in [-0.4, -0.2) is 19.2 Å². The molecule has 2 aromatic carbocycles. The zero-order valence-corrected chi connectivity index (χ0v) is 13.3. The Morgan fingerprint density at radius 3 is 2.70 bits per heavy atom. The van der Waals surface area contributed by atoms with Gasteiger partial charge in [-0.3, -0.25) is 9.52 Å². The van der Waals surface area contributed by atoms with Gasteiger partial charge in [0, 0.05) is 18.6 Å². The van der Waals surface area contributed by atoms with Crippen LogP contribution in [0, 0.1) is 6.92 Å². The van der Waals surface area contributed by atoms with Crippen molar-refractivity contribution in [2.24, 2.45) is 0 Å². The van der Waals surface area contributed by atoms with Gasteiger partial charge in [-0.25, -0.2) is 13.4 Å². The van der Waals surface area contributed by atoms with Gasteiger partial charge in [0.05, 0.1) is 10.6 Å². The third kappa shape index (κ3) is 3.09. The maximum atomic E-state index is 12.4. The molecule has 0 saturated heterocycles. The van der Waals surface area contributed by atoms with Crippen molar-refractivity contribution in [3.63, 3.8) is 0 Å². The number of oxazole rings is 1. The zero-order valence-electron chi connectivity index (χ0n) is 12.5. The number of nitrogens with one attached hydrogen (secondary N) is 1. The molecule has 0 aliphatic heterocycles. The zero-order chi connectivity index (χ0) is 16.6. The number of nitrogens with zero attached hydrogens (tertiary/aromatic N) is 1. The van der Waals surface area contributed by atoms with E-state index in [1.165, 1.54) is 25.1 Å². The summed E-state index contributed by atoms with van der Waals surface area (Å²) in [6, 6.07) is 10.8. The lowest BCUT2D eigenvalue weighted by Crippen LogP contribution is -2.13. The lowest BCUT2D eigenvalue weighted by molar-refractivity contribution is 0.101. The topological polar surface area (TPSA) is 89.3 Å². The number of aromatic nitrogens is 1. The Morgan fingerprint density at radius 2 is 1.96 bits per heavy atom. The van der Waals surface area contributed by atoms with Crippen LogP contribution >= 0.6 is 0 Å². The van der Waals surface area contributed by atoms with Crippen molar-refractivity contribution in [3.05, 3.63) is 53.9 Å². The second-order valence-corrected chi connectivity index (χ2v) is 6.79. The minimum absolute atomic E-state index is 0.0269. The molecule has 0 aliphatic rings. The van der Waals surface area contributed by atoms with Gasteiger partial charge in [-0.2, -0.15) is 0 Å². The van der Waals surface area contributed by atoms with Crippen molar-refractivity contribution in [2.45, 2.75) is 18.7 Å². The van der Waals surface area contributed by atoms with Gasteiger partial charge in [0.1, 0.15) is 5.52 Å². The van der Waals surface area contributed by atoms with Gasteiger partial charge in [0.15, 0.2) is 17.3 Å². The lowest BCUT2D eigenvalue weighted by atomic mass is 10.2. The van der Waals surface area contributed by atoms with E-state index in [0.717, 1.165) is 0 Å². The van der Waals surface area contributed by atoms with E-state index in [1.54, 1.807) is 31.2 Å². The van der Waals surface area contributed by atoms with E-state index in [9.17, 15) is 13.2 Å². The Bertz CT molecular complexity index is 1010. The molecule has 3 aromatic rings. The number of Topliss-reactive ketones (excluding diaryl/α,β-unsaturated/α-hetero) is 1. The summed E-state index contributed by atoms with van der Waals surface area (Å²) in [7, 11) is -3.80. The SMILES string of the molecule is CC(=O)c1cccc(S(=O)(=O)Nc2ccc3nc(C)oc3c2)c1. The molecule has 6 nitrogen and oxygen atoms in total. The van der Waals surface area contributed by atoms with Crippen molar-refractivity contribution in [1.29, 1.82) is 0 Å². The van der Waals surface area contributed by atoms with Gasteiger partial charge < -0.3 is 4.42 Å². The molecule has 3 rings (SSSR count). The summed E-state index contributed by atoms with van der Waals surface area (Å²) in [5, 5.41) is 0. The highest BCUT2D eigenvalue weighted by atomic mass is 32.2. The fraction of sp³-hybridized carbons (Fsp3) is 0.125. The molecule has 0 radical (unpaired) electrons. The summed E-state index contributed by atoms with van der Waals surface area (Å²) < 4.78 is 32.8. The molecular formula is C16H14N2O4S. The van der Waals surface area contributed by atoms with Crippen LogP contribution in [0.1, 0.15) is 23.2 Å². The van der Waals surface area contributed by atoms with Gasteiger partial charge in [-0.05, 0) is 31.2 Å². The molecule has 7 heteroatoms. The Hall–Kier alpha value is -2.67. The van der Waals surface area contributed by atoms with Crippen LogP contribution in [0.5, 0.6) is 0 Å². The van der Waals surface area contributed by atoms with E-state index in [2.05, 4.69) is 9.71 Å². The molecule has 0 aliphatic carbocycles. The first-order valence-corrected chi connectivity index (χ1v) is 8.34. The second kappa shape index (κ2) is 5.51. The van der Waals surface area contributed by atoms with Crippen molar-refractivity contribution in [1.82, 2.24) is 4.98 Å². The van der Waals surface area contributed by atoms with Crippen LogP contribution in [0.4, 0.5) is 5.69 Å². The van der Waals surface area contributed by atoms with Crippen molar-refractivity contribution >= 4 is 32.6 Å². The van der Waals surface area contributed by atoms with Gasteiger partial charge in [0.25, 0.3) is 10.0 Å². The molecule has 1 N–H and O–H groups in total. The van der Waals surface area contributed by atoms with Crippen LogP contribution in [0.15, 0.2) is 51.8 Å². The average molecular weight is 330 g/mol. The molecule has 0 bridgehead atoms. The van der Waals surface area contributed by atoms with E-state index in [-0.39, 0.29) is 10.7 Å². The molecule has 0 saturated carbocycles. The fourth-order valence-corrected chi connectivity index (χ4v) is 3.29. The van der Waals surface area contributed by atoms with Crippen LogP contribution in [0.3, 0.4) is 0 Å². The third-order valence-electron chi connectivity index (χ3n) is 3.30. The maximum absolute atomic E-state index is 12.4. The molecule has 0 fully saturated rings. The Morgan fingerprint density at radius 1 is 1.17 bits per heavy atom. The summed E-state index contributed by atoms with van der Waals surface area (Å²) in [4.78, 5) is 15.6. The number of carbonyl (C=O) groups is 1. The molecule has 23 heavy (non-hydrogen) atoms. The van der Waals surface area contributed by atoms with Gasteiger partial charge in [-0.15, -0.1) is 0 Å². The number of hydrogen-bond acceptors (Lipinski definition) is 5. The molecule has 118 valence electrons. The van der Waals surface area contributed by atoms with Crippen LogP contribution < -0.4 is 4.72 Å². The van der Waals surface area contributed by atoms with E-state index in [0.29, 0.717) is 28.2 Å². The molecule has 0 unspecified atom stereocenters. The first-order valence-electron chi connectivity index (χ1n) is 6.86. The maximum Gasteiger partial charge on any atom is 0.261 e. The van der Waals surface area contributed by atoms with Crippen LogP contribution in [0.25, 0.3) is 11.1 Å². The number of aryl methyl sites for hydroxylation is 1. The van der Waals surface area contributed by atoms with Crippen molar-refractivity contribution in [2.75, 3.05) is 4.72 Å². The van der Waals surface area contributed by atoms with Gasteiger partial charge in [0.2, 0.25) is 0 Å². The smallest absolute Gasteiger partial charge is 0.261 e. The number of ketones is 1. The molecule has 1 aromatic heterocycles. The quantitative estimate of drug-likeness (QED) is 0.742. The second-order valence-electron chi connectivity index (χ2n) is 5.10. The predicted octanol–water partition coefficient (Wildman–Crippen LogP) is 3.14. The largest absolute Gasteiger partial charge is 0.441 e. The molecule has 0 atom stereocenters. The van der Waals surface area contributed by atoms with Gasteiger partial charge >= 0.3 is 0 Å². The third-order valence-corrected chi connectivity index (χ3v) is 4.68. The fourth-order valence-electron chi connectivity index (χ4n) is 2.20. The Balaban J connectivity index is 1.95. The first kappa shape index (κ1) is 15.2.